The molecule has 0 aliphatic heterocycles. The van der Waals surface area contributed by atoms with Gasteiger partial charge in [-0.3, -0.25) is 4.57 Å². The number of hydrogen-bond acceptors (Lipinski definition) is 2. The Balaban J connectivity index is 2.36. The van der Waals surface area contributed by atoms with E-state index in [1.807, 2.05) is 18.2 Å². The van der Waals surface area contributed by atoms with Crippen molar-refractivity contribution in [2.24, 2.45) is 0 Å². The summed E-state index contributed by atoms with van der Waals surface area (Å²) < 4.78 is 21.3. The van der Waals surface area contributed by atoms with E-state index in [1.165, 1.54) is 12.1 Å². The highest BCUT2D eigenvalue weighted by Crippen LogP contribution is 2.33. The van der Waals surface area contributed by atoms with E-state index in [1.54, 1.807) is 11.7 Å². The van der Waals surface area contributed by atoms with E-state index in [-0.39, 0.29) is 5.02 Å². The van der Waals surface area contributed by atoms with Crippen LogP contribution >= 0.6 is 39.7 Å². The quantitative estimate of drug-likeness (QED) is 0.609. The Bertz CT molecular complexity index is 883. The van der Waals surface area contributed by atoms with Gasteiger partial charge in [-0.05, 0) is 52.4 Å². The molecular formula is C14H9BrClFN2OS. The molecule has 0 saturated carbocycles. The minimum absolute atomic E-state index is 0.273. The van der Waals surface area contributed by atoms with Gasteiger partial charge >= 0.3 is 0 Å². The van der Waals surface area contributed by atoms with Crippen LogP contribution in [0.3, 0.4) is 0 Å². The molecule has 3 aromatic rings. The molecule has 0 radical (unpaired) electrons. The summed E-state index contributed by atoms with van der Waals surface area (Å²) in [7, 11) is 1.60. The normalized spacial score (nSPS) is 11.0. The fraction of sp³-hybridized carbons (Fsp3) is 0.0714. The molecule has 0 spiro atoms. The van der Waals surface area contributed by atoms with Crippen molar-refractivity contribution in [2.45, 2.75) is 0 Å². The van der Waals surface area contributed by atoms with Gasteiger partial charge in [-0.15, -0.1) is 0 Å². The van der Waals surface area contributed by atoms with E-state index in [0.717, 1.165) is 16.8 Å². The summed E-state index contributed by atoms with van der Waals surface area (Å²) in [6.07, 6.45) is 0. The smallest absolute Gasteiger partial charge is 0.182 e. The molecule has 0 amide bonds. The number of H-pyrrole nitrogens is 1. The van der Waals surface area contributed by atoms with Crippen molar-refractivity contribution in [1.82, 2.24) is 9.55 Å². The molecule has 0 saturated heterocycles. The molecule has 21 heavy (non-hydrogen) atoms. The lowest BCUT2D eigenvalue weighted by Gasteiger charge is -2.10. The SMILES string of the molecule is COc1ccc2c(c1)[nH]c(=S)n2-c1c(Cl)cc(F)cc1Br. The van der Waals surface area contributed by atoms with Crippen LogP contribution in [0.15, 0.2) is 34.8 Å². The minimum Gasteiger partial charge on any atom is -0.497 e. The van der Waals surface area contributed by atoms with E-state index in [2.05, 4.69) is 20.9 Å². The van der Waals surface area contributed by atoms with Gasteiger partial charge in [-0.2, -0.15) is 0 Å². The molecule has 0 atom stereocenters. The summed E-state index contributed by atoms with van der Waals surface area (Å²) in [5.74, 6) is 0.304. The molecule has 108 valence electrons. The lowest BCUT2D eigenvalue weighted by Crippen LogP contribution is -1.97. The number of ether oxygens (including phenoxy) is 1. The largest absolute Gasteiger partial charge is 0.497 e. The molecule has 1 aromatic heterocycles. The highest BCUT2D eigenvalue weighted by molar-refractivity contribution is 9.10. The first-order chi connectivity index (χ1) is 10.0. The first-order valence-corrected chi connectivity index (χ1v) is 7.53. The van der Waals surface area contributed by atoms with Crippen molar-refractivity contribution >= 4 is 50.8 Å². The zero-order chi connectivity index (χ0) is 15.1. The maximum absolute atomic E-state index is 13.4. The summed E-state index contributed by atoms with van der Waals surface area (Å²) in [4.78, 5) is 3.09. The number of fused-ring (bicyclic) bond motifs is 1. The van der Waals surface area contributed by atoms with E-state index in [4.69, 9.17) is 28.6 Å². The first-order valence-electron chi connectivity index (χ1n) is 5.95. The van der Waals surface area contributed by atoms with Gasteiger partial charge < -0.3 is 9.72 Å². The minimum atomic E-state index is -0.413. The van der Waals surface area contributed by atoms with E-state index in [0.29, 0.717) is 14.9 Å². The summed E-state index contributed by atoms with van der Waals surface area (Å²) >= 11 is 14.9. The summed E-state index contributed by atoms with van der Waals surface area (Å²) in [6, 6.07) is 8.14. The molecule has 3 nitrogen and oxygen atoms in total. The number of hydrogen-bond donors (Lipinski definition) is 1. The number of halogens is 3. The number of benzene rings is 2. The Kier molecular flexibility index (Phi) is 3.77. The number of nitrogens with zero attached hydrogens (tertiary/aromatic N) is 1. The standard InChI is InChI=1S/C14H9BrClFN2OS/c1-20-8-2-3-12-11(6-8)18-14(21)19(12)13-9(15)4-7(17)5-10(13)16/h2-6H,1H3,(H,18,21). The second-order valence-corrected chi connectivity index (χ2v) is 6.01. The van der Waals surface area contributed by atoms with Crippen molar-refractivity contribution in [3.8, 4) is 11.4 Å². The van der Waals surface area contributed by atoms with Crippen molar-refractivity contribution < 1.29 is 9.13 Å². The van der Waals surface area contributed by atoms with Crippen LogP contribution in [0, 0.1) is 10.6 Å². The number of aromatic nitrogens is 2. The second-order valence-electron chi connectivity index (χ2n) is 4.37. The number of rotatable bonds is 2. The molecule has 0 unspecified atom stereocenters. The molecule has 3 rings (SSSR count). The molecular weight excluding hydrogens is 379 g/mol. The van der Waals surface area contributed by atoms with Crippen LogP contribution in [0.25, 0.3) is 16.7 Å². The summed E-state index contributed by atoms with van der Waals surface area (Å²) in [5, 5.41) is 0.273. The molecule has 2 aromatic carbocycles. The van der Waals surface area contributed by atoms with E-state index >= 15 is 0 Å². The second kappa shape index (κ2) is 5.44. The molecule has 1 heterocycles. The van der Waals surface area contributed by atoms with Crippen LogP contribution in [0.1, 0.15) is 0 Å². The number of nitrogens with one attached hydrogen (secondary N) is 1. The fourth-order valence-electron chi connectivity index (χ4n) is 2.19. The molecule has 0 aliphatic rings. The number of imidazole rings is 1. The molecule has 7 heteroatoms. The van der Waals surface area contributed by atoms with Crippen molar-refractivity contribution in [3.63, 3.8) is 0 Å². The van der Waals surface area contributed by atoms with Crippen LogP contribution in [-0.4, -0.2) is 16.7 Å². The predicted octanol–water partition coefficient (Wildman–Crippen LogP) is 5.25. The highest BCUT2D eigenvalue weighted by Gasteiger charge is 2.15. The highest BCUT2D eigenvalue weighted by atomic mass is 79.9. The van der Waals surface area contributed by atoms with Gasteiger partial charge in [0.05, 0.1) is 28.9 Å². The average molecular weight is 388 g/mol. The number of aromatic amines is 1. The third kappa shape index (κ3) is 2.47. The van der Waals surface area contributed by atoms with Crippen LogP contribution < -0.4 is 4.74 Å². The van der Waals surface area contributed by atoms with Crippen molar-refractivity contribution in [1.29, 1.82) is 0 Å². The van der Waals surface area contributed by atoms with Gasteiger partial charge in [0, 0.05) is 10.5 Å². The number of methoxy groups -OCH3 is 1. The predicted molar refractivity (Wildman–Crippen MR) is 87.7 cm³/mol. The Morgan fingerprint density at radius 3 is 2.76 bits per heavy atom. The molecule has 0 aliphatic carbocycles. The Morgan fingerprint density at radius 2 is 2.10 bits per heavy atom. The van der Waals surface area contributed by atoms with Gasteiger partial charge in [0.15, 0.2) is 4.77 Å². The Morgan fingerprint density at radius 1 is 1.33 bits per heavy atom. The fourth-order valence-corrected chi connectivity index (χ4v) is 3.50. The van der Waals surface area contributed by atoms with Crippen LogP contribution in [-0.2, 0) is 0 Å². The van der Waals surface area contributed by atoms with Gasteiger partial charge in [-0.25, -0.2) is 4.39 Å². The third-order valence-electron chi connectivity index (χ3n) is 3.09. The zero-order valence-electron chi connectivity index (χ0n) is 10.8. The van der Waals surface area contributed by atoms with Crippen molar-refractivity contribution in [2.75, 3.05) is 7.11 Å². The third-order valence-corrected chi connectivity index (χ3v) is 4.27. The molecule has 1 N–H and O–H groups in total. The lowest BCUT2D eigenvalue weighted by atomic mass is 10.2. The lowest BCUT2D eigenvalue weighted by molar-refractivity contribution is 0.415. The van der Waals surface area contributed by atoms with Gasteiger partial charge in [0.25, 0.3) is 0 Å². The Hall–Kier alpha value is -1.37. The topological polar surface area (TPSA) is 29.9 Å². The van der Waals surface area contributed by atoms with Gasteiger partial charge in [0.2, 0.25) is 0 Å². The van der Waals surface area contributed by atoms with Gasteiger partial charge in [0.1, 0.15) is 11.6 Å². The molecule has 0 fully saturated rings. The van der Waals surface area contributed by atoms with Crippen LogP contribution in [0.5, 0.6) is 5.75 Å². The monoisotopic (exact) mass is 386 g/mol. The van der Waals surface area contributed by atoms with E-state index < -0.39 is 5.82 Å². The van der Waals surface area contributed by atoms with Crippen molar-refractivity contribution in [3.05, 3.63) is 50.4 Å². The summed E-state index contributed by atoms with van der Waals surface area (Å²) in [6.45, 7) is 0. The maximum Gasteiger partial charge on any atom is 0.182 e. The van der Waals surface area contributed by atoms with E-state index in [9.17, 15) is 4.39 Å². The zero-order valence-corrected chi connectivity index (χ0v) is 13.9. The maximum atomic E-state index is 13.4. The molecule has 0 bridgehead atoms. The van der Waals surface area contributed by atoms with Crippen LogP contribution in [0.2, 0.25) is 5.02 Å². The summed E-state index contributed by atoms with van der Waals surface area (Å²) in [5.41, 5.74) is 2.24. The first kappa shape index (κ1) is 14.6. The van der Waals surface area contributed by atoms with Crippen LogP contribution in [0.4, 0.5) is 4.39 Å². The van der Waals surface area contributed by atoms with Gasteiger partial charge in [-0.1, -0.05) is 11.6 Å². The average Bonchev–Trinajstić information content (AvgIpc) is 2.73. The Labute approximate surface area is 138 Å².